The minimum Gasteiger partial charge on any atom is -0.204 e. The number of hydrogen-bond donors (Lipinski definition) is 0. The summed E-state index contributed by atoms with van der Waals surface area (Å²) in [5, 5.41) is 0. The molecule has 11 heavy (non-hydrogen) atoms. The van der Waals surface area contributed by atoms with Crippen LogP contribution in [0, 0.1) is 23.3 Å². The average Bonchev–Trinajstić information content (AvgIpc) is 1.97. The Bertz CT molecular complexity index is 271. The standard InChI is InChI=1S/C6HBrF4/c7-2-1-3(8)5(10)6(11)4(2)9/h1H. The summed E-state index contributed by atoms with van der Waals surface area (Å²) in [6, 6.07) is 0.522. The number of halogens is 5. The van der Waals surface area contributed by atoms with Gasteiger partial charge in [-0.1, -0.05) is 0 Å². The molecular weight excluding hydrogens is 228 g/mol. The van der Waals surface area contributed by atoms with Crippen LogP contribution in [0.15, 0.2) is 10.5 Å². The number of hydrogen-bond acceptors (Lipinski definition) is 0. The summed E-state index contributed by atoms with van der Waals surface area (Å²) in [6.45, 7) is 0. The molecule has 0 spiro atoms. The van der Waals surface area contributed by atoms with E-state index in [2.05, 4.69) is 15.9 Å². The molecule has 0 bridgehead atoms. The van der Waals surface area contributed by atoms with Crippen molar-refractivity contribution in [3.05, 3.63) is 33.8 Å². The molecule has 0 amide bonds. The van der Waals surface area contributed by atoms with Gasteiger partial charge in [-0.15, -0.1) is 0 Å². The van der Waals surface area contributed by atoms with Crippen LogP contribution in [-0.2, 0) is 0 Å². The number of rotatable bonds is 0. The minimum absolute atomic E-state index is 0.436. The van der Waals surface area contributed by atoms with Crippen molar-refractivity contribution in [2.24, 2.45) is 0 Å². The molecule has 0 aliphatic heterocycles. The Morgan fingerprint density at radius 1 is 0.909 bits per heavy atom. The fraction of sp³-hybridized carbons (Fsp3) is 0. The lowest BCUT2D eigenvalue weighted by molar-refractivity contribution is 0.406. The molecule has 0 nitrogen and oxygen atoms in total. The van der Waals surface area contributed by atoms with Gasteiger partial charge in [0.15, 0.2) is 23.3 Å². The highest BCUT2D eigenvalue weighted by Gasteiger charge is 2.16. The molecule has 0 saturated carbocycles. The summed E-state index contributed by atoms with van der Waals surface area (Å²) in [4.78, 5) is 0. The van der Waals surface area contributed by atoms with Crippen LogP contribution in [0.25, 0.3) is 0 Å². The molecule has 0 fully saturated rings. The Balaban J connectivity index is 3.46. The Morgan fingerprint density at radius 2 is 1.45 bits per heavy atom. The van der Waals surface area contributed by atoms with Crippen LogP contribution in [-0.4, -0.2) is 0 Å². The summed E-state index contributed by atoms with van der Waals surface area (Å²) >= 11 is 2.51. The molecule has 0 unspecified atom stereocenters. The molecule has 5 heteroatoms. The molecular formula is C6HBrF4. The second kappa shape index (κ2) is 2.81. The van der Waals surface area contributed by atoms with Gasteiger partial charge in [-0.2, -0.15) is 0 Å². The predicted molar refractivity (Wildman–Crippen MR) is 34.0 cm³/mol. The molecule has 60 valence electrons. The van der Waals surface area contributed by atoms with Gasteiger partial charge in [-0.05, 0) is 22.0 Å². The molecule has 0 aromatic heterocycles. The lowest BCUT2D eigenvalue weighted by atomic mass is 10.3. The zero-order valence-electron chi connectivity index (χ0n) is 4.97. The minimum atomic E-state index is -1.81. The van der Waals surface area contributed by atoms with Gasteiger partial charge >= 0.3 is 0 Å². The van der Waals surface area contributed by atoms with Gasteiger partial charge in [-0.3, -0.25) is 0 Å². The van der Waals surface area contributed by atoms with Crippen molar-refractivity contribution in [1.82, 2.24) is 0 Å². The quantitative estimate of drug-likeness (QED) is 0.364. The van der Waals surface area contributed by atoms with Crippen molar-refractivity contribution in [3.8, 4) is 0 Å². The molecule has 0 heterocycles. The van der Waals surface area contributed by atoms with Crippen molar-refractivity contribution < 1.29 is 17.6 Å². The monoisotopic (exact) mass is 228 g/mol. The Morgan fingerprint density at radius 3 is 2.00 bits per heavy atom. The highest BCUT2D eigenvalue weighted by molar-refractivity contribution is 9.10. The van der Waals surface area contributed by atoms with E-state index in [0.717, 1.165) is 0 Å². The summed E-state index contributed by atoms with van der Waals surface area (Å²) in [7, 11) is 0. The van der Waals surface area contributed by atoms with E-state index < -0.39 is 27.7 Å². The number of benzene rings is 1. The summed E-state index contributed by atoms with van der Waals surface area (Å²) < 4.78 is 48.5. The van der Waals surface area contributed by atoms with E-state index in [4.69, 9.17) is 0 Å². The molecule has 1 aromatic carbocycles. The predicted octanol–water partition coefficient (Wildman–Crippen LogP) is 3.01. The second-order valence-corrected chi connectivity index (χ2v) is 2.64. The summed E-state index contributed by atoms with van der Waals surface area (Å²) in [6.07, 6.45) is 0. The van der Waals surface area contributed by atoms with Crippen molar-refractivity contribution in [2.75, 3.05) is 0 Å². The van der Waals surface area contributed by atoms with E-state index in [1.807, 2.05) is 0 Å². The van der Waals surface area contributed by atoms with Crippen LogP contribution in [0.5, 0.6) is 0 Å². The third kappa shape index (κ3) is 1.38. The molecule has 0 radical (unpaired) electrons. The Hall–Kier alpha value is -0.580. The van der Waals surface area contributed by atoms with Gasteiger partial charge in [0.25, 0.3) is 0 Å². The highest BCUT2D eigenvalue weighted by atomic mass is 79.9. The van der Waals surface area contributed by atoms with Crippen molar-refractivity contribution >= 4 is 15.9 Å². The normalized spacial score (nSPS) is 10.3. The van der Waals surface area contributed by atoms with Gasteiger partial charge in [0, 0.05) is 0 Å². The SMILES string of the molecule is Fc1cc(Br)c(F)c(F)c1F. The lowest BCUT2D eigenvalue weighted by Crippen LogP contribution is -1.95. The highest BCUT2D eigenvalue weighted by Crippen LogP contribution is 2.22. The molecule has 0 aliphatic rings. The van der Waals surface area contributed by atoms with Crippen LogP contribution in [0.4, 0.5) is 17.6 Å². The zero-order chi connectivity index (χ0) is 8.59. The third-order valence-electron chi connectivity index (χ3n) is 1.06. The topological polar surface area (TPSA) is 0 Å². The van der Waals surface area contributed by atoms with Crippen LogP contribution in [0.3, 0.4) is 0 Å². The first-order chi connectivity index (χ1) is 5.04. The molecule has 0 atom stereocenters. The van der Waals surface area contributed by atoms with Crippen molar-refractivity contribution in [2.45, 2.75) is 0 Å². The van der Waals surface area contributed by atoms with Crippen LogP contribution < -0.4 is 0 Å². The maximum absolute atomic E-state index is 12.3. The largest absolute Gasteiger partial charge is 0.204 e. The second-order valence-electron chi connectivity index (χ2n) is 1.78. The van der Waals surface area contributed by atoms with E-state index >= 15 is 0 Å². The van der Waals surface area contributed by atoms with Gasteiger partial charge < -0.3 is 0 Å². The molecule has 0 saturated heterocycles. The van der Waals surface area contributed by atoms with Gasteiger partial charge in [0.1, 0.15) is 0 Å². The zero-order valence-corrected chi connectivity index (χ0v) is 6.55. The van der Waals surface area contributed by atoms with Gasteiger partial charge in [0.05, 0.1) is 4.47 Å². The van der Waals surface area contributed by atoms with E-state index in [1.165, 1.54) is 0 Å². The van der Waals surface area contributed by atoms with E-state index in [0.29, 0.717) is 6.07 Å². The van der Waals surface area contributed by atoms with Gasteiger partial charge in [0.2, 0.25) is 0 Å². The Kier molecular flexibility index (Phi) is 2.17. The first kappa shape index (κ1) is 8.52. The summed E-state index contributed by atoms with van der Waals surface area (Å²) in [5.74, 6) is -6.46. The van der Waals surface area contributed by atoms with Crippen LogP contribution in [0.2, 0.25) is 0 Å². The third-order valence-corrected chi connectivity index (χ3v) is 1.64. The first-order valence-corrected chi connectivity index (χ1v) is 3.32. The molecule has 1 rings (SSSR count). The van der Waals surface area contributed by atoms with Crippen molar-refractivity contribution in [1.29, 1.82) is 0 Å². The van der Waals surface area contributed by atoms with Gasteiger partial charge in [-0.25, -0.2) is 17.6 Å². The fourth-order valence-electron chi connectivity index (χ4n) is 0.544. The van der Waals surface area contributed by atoms with E-state index in [9.17, 15) is 17.6 Å². The maximum atomic E-state index is 12.3. The Labute approximate surface area is 68.0 Å². The maximum Gasteiger partial charge on any atom is 0.198 e. The van der Waals surface area contributed by atoms with E-state index in [-0.39, 0.29) is 0 Å². The van der Waals surface area contributed by atoms with Crippen molar-refractivity contribution in [3.63, 3.8) is 0 Å². The smallest absolute Gasteiger partial charge is 0.198 e. The van der Waals surface area contributed by atoms with Crippen LogP contribution >= 0.6 is 15.9 Å². The molecule has 0 N–H and O–H groups in total. The molecule has 0 aliphatic carbocycles. The lowest BCUT2D eigenvalue weighted by Gasteiger charge is -1.97. The first-order valence-electron chi connectivity index (χ1n) is 2.52. The summed E-state index contributed by atoms with van der Waals surface area (Å²) in [5.41, 5.74) is 0. The average molecular weight is 229 g/mol. The fourth-order valence-corrected chi connectivity index (χ4v) is 0.919. The van der Waals surface area contributed by atoms with E-state index in [1.54, 1.807) is 0 Å². The van der Waals surface area contributed by atoms with Crippen LogP contribution in [0.1, 0.15) is 0 Å². The molecule has 1 aromatic rings.